The first-order chi connectivity index (χ1) is 13.2. The van der Waals surface area contributed by atoms with Crippen LogP contribution in [0.4, 0.5) is 5.69 Å². The Morgan fingerprint density at radius 2 is 1.70 bits per heavy atom. The van der Waals surface area contributed by atoms with Crippen molar-refractivity contribution in [1.82, 2.24) is 5.32 Å². The van der Waals surface area contributed by atoms with Gasteiger partial charge in [0.1, 0.15) is 0 Å². The van der Waals surface area contributed by atoms with Crippen molar-refractivity contribution in [2.45, 2.75) is 27.0 Å². The van der Waals surface area contributed by atoms with E-state index in [0.29, 0.717) is 31.5 Å². The number of ether oxygens (including phenoxy) is 3. The molecule has 0 aliphatic carbocycles. The van der Waals surface area contributed by atoms with Gasteiger partial charge in [-0.3, -0.25) is 0 Å². The average Bonchev–Trinajstić information content (AvgIpc) is 2.69. The van der Waals surface area contributed by atoms with Crippen molar-refractivity contribution in [3.05, 3.63) is 53.6 Å². The zero-order chi connectivity index (χ0) is 19.5. The Labute approximate surface area is 161 Å². The first kappa shape index (κ1) is 20.6. The van der Waals surface area contributed by atoms with Crippen molar-refractivity contribution in [3.8, 4) is 11.5 Å². The van der Waals surface area contributed by atoms with Gasteiger partial charge in [0.2, 0.25) is 0 Å². The molecule has 0 spiro atoms. The van der Waals surface area contributed by atoms with Crippen molar-refractivity contribution < 1.29 is 14.2 Å². The number of hydrogen-bond acceptors (Lipinski definition) is 4. The lowest BCUT2D eigenvalue weighted by molar-refractivity contribution is 0.185. The molecule has 2 rings (SSSR count). The summed E-state index contributed by atoms with van der Waals surface area (Å²) in [5.74, 6) is 2.12. The maximum absolute atomic E-state index is 5.56. The smallest absolute Gasteiger partial charge is 0.196 e. The van der Waals surface area contributed by atoms with Crippen LogP contribution in [0.5, 0.6) is 11.5 Å². The SMILES string of the molecule is CCNC(=NCc1ccc(COC)cc1)Nc1ccc(OCC)c(OC)c1. The molecule has 6 nitrogen and oxygen atoms in total. The third kappa shape index (κ3) is 6.49. The van der Waals surface area contributed by atoms with Gasteiger partial charge in [0, 0.05) is 25.4 Å². The van der Waals surface area contributed by atoms with Gasteiger partial charge < -0.3 is 24.8 Å². The highest BCUT2D eigenvalue weighted by molar-refractivity contribution is 5.93. The fraction of sp³-hybridized carbons (Fsp3) is 0.381. The van der Waals surface area contributed by atoms with E-state index in [2.05, 4.69) is 39.9 Å². The third-order valence-corrected chi connectivity index (χ3v) is 3.82. The molecule has 0 aliphatic rings. The van der Waals surface area contributed by atoms with Crippen LogP contribution in [0.25, 0.3) is 0 Å². The molecule has 2 N–H and O–H groups in total. The van der Waals surface area contributed by atoms with Crippen molar-refractivity contribution in [3.63, 3.8) is 0 Å². The zero-order valence-electron chi connectivity index (χ0n) is 16.5. The third-order valence-electron chi connectivity index (χ3n) is 3.82. The molecule has 0 bridgehead atoms. The van der Waals surface area contributed by atoms with Gasteiger partial charge in [-0.05, 0) is 37.1 Å². The van der Waals surface area contributed by atoms with E-state index in [1.807, 2.05) is 32.0 Å². The molecule has 0 aliphatic heterocycles. The van der Waals surface area contributed by atoms with Crippen molar-refractivity contribution >= 4 is 11.6 Å². The number of methoxy groups -OCH3 is 2. The van der Waals surface area contributed by atoms with Crippen molar-refractivity contribution in [1.29, 1.82) is 0 Å². The van der Waals surface area contributed by atoms with Crippen LogP contribution in [0.2, 0.25) is 0 Å². The van der Waals surface area contributed by atoms with E-state index in [9.17, 15) is 0 Å². The van der Waals surface area contributed by atoms with Crippen molar-refractivity contribution in [2.75, 3.05) is 32.7 Å². The number of guanidine groups is 1. The van der Waals surface area contributed by atoms with E-state index < -0.39 is 0 Å². The molecule has 0 aromatic heterocycles. The predicted octanol–water partition coefficient (Wildman–Crippen LogP) is 3.82. The largest absolute Gasteiger partial charge is 0.493 e. The average molecular weight is 371 g/mol. The lowest BCUT2D eigenvalue weighted by Crippen LogP contribution is -2.30. The number of hydrogen-bond donors (Lipinski definition) is 2. The number of nitrogens with zero attached hydrogens (tertiary/aromatic N) is 1. The molecule has 0 fully saturated rings. The van der Waals surface area contributed by atoms with Gasteiger partial charge in [-0.15, -0.1) is 0 Å². The summed E-state index contributed by atoms with van der Waals surface area (Å²) in [6.07, 6.45) is 0. The van der Waals surface area contributed by atoms with Crippen LogP contribution in [-0.2, 0) is 17.9 Å². The first-order valence-corrected chi connectivity index (χ1v) is 9.13. The van der Waals surface area contributed by atoms with Gasteiger partial charge in [-0.1, -0.05) is 24.3 Å². The number of anilines is 1. The molecule has 2 aromatic carbocycles. The predicted molar refractivity (Wildman–Crippen MR) is 110 cm³/mol. The minimum Gasteiger partial charge on any atom is -0.493 e. The van der Waals surface area contributed by atoms with Crippen molar-refractivity contribution in [2.24, 2.45) is 4.99 Å². The van der Waals surface area contributed by atoms with Gasteiger partial charge in [-0.25, -0.2) is 4.99 Å². The van der Waals surface area contributed by atoms with E-state index in [4.69, 9.17) is 14.2 Å². The molecule has 0 radical (unpaired) electrons. The summed E-state index contributed by atoms with van der Waals surface area (Å²) in [4.78, 5) is 4.66. The number of nitrogens with one attached hydrogen (secondary N) is 2. The molecule has 6 heteroatoms. The molecule has 0 amide bonds. The van der Waals surface area contributed by atoms with Crippen LogP contribution >= 0.6 is 0 Å². The minimum absolute atomic E-state index is 0.580. The van der Waals surface area contributed by atoms with E-state index in [-0.39, 0.29) is 0 Å². The molecule has 0 atom stereocenters. The molecular weight excluding hydrogens is 342 g/mol. The fourth-order valence-corrected chi connectivity index (χ4v) is 2.54. The van der Waals surface area contributed by atoms with E-state index in [0.717, 1.165) is 29.1 Å². The number of rotatable bonds is 9. The summed E-state index contributed by atoms with van der Waals surface area (Å²) in [6.45, 7) is 6.55. The highest BCUT2D eigenvalue weighted by Gasteiger charge is 2.07. The fourth-order valence-electron chi connectivity index (χ4n) is 2.54. The molecular formula is C21H29N3O3. The molecule has 0 heterocycles. The topological polar surface area (TPSA) is 64.1 Å². The zero-order valence-corrected chi connectivity index (χ0v) is 16.5. The Morgan fingerprint density at radius 3 is 2.33 bits per heavy atom. The Bertz CT molecular complexity index is 730. The molecule has 0 unspecified atom stereocenters. The Morgan fingerprint density at radius 1 is 0.963 bits per heavy atom. The second-order valence-electron chi connectivity index (χ2n) is 5.87. The molecule has 0 saturated carbocycles. The second kappa shape index (κ2) is 11.1. The summed E-state index contributed by atoms with van der Waals surface area (Å²) in [6, 6.07) is 14.0. The number of aliphatic imine (C=N–C) groups is 1. The first-order valence-electron chi connectivity index (χ1n) is 9.13. The molecule has 146 valence electrons. The summed E-state index contributed by atoms with van der Waals surface area (Å²) in [5, 5.41) is 6.57. The maximum Gasteiger partial charge on any atom is 0.196 e. The normalized spacial score (nSPS) is 11.2. The molecule has 0 saturated heterocycles. The Hall–Kier alpha value is -2.73. The summed E-state index contributed by atoms with van der Waals surface area (Å²) >= 11 is 0. The lowest BCUT2D eigenvalue weighted by atomic mass is 10.1. The van der Waals surface area contributed by atoms with Gasteiger partial charge in [0.25, 0.3) is 0 Å². The maximum atomic E-state index is 5.56. The van der Waals surface area contributed by atoms with Gasteiger partial charge >= 0.3 is 0 Å². The highest BCUT2D eigenvalue weighted by Crippen LogP contribution is 2.30. The van der Waals surface area contributed by atoms with Crippen LogP contribution in [-0.4, -0.2) is 33.3 Å². The quantitative estimate of drug-likeness (QED) is 0.518. The van der Waals surface area contributed by atoms with E-state index in [1.54, 1.807) is 14.2 Å². The highest BCUT2D eigenvalue weighted by atomic mass is 16.5. The Kier molecular flexibility index (Phi) is 8.45. The summed E-state index contributed by atoms with van der Waals surface area (Å²) in [5.41, 5.74) is 3.17. The van der Waals surface area contributed by atoms with Crippen LogP contribution in [0.15, 0.2) is 47.5 Å². The monoisotopic (exact) mass is 371 g/mol. The Balaban J connectivity index is 2.08. The van der Waals surface area contributed by atoms with Gasteiger partial charge in [-0.2, -0.15) is 0 Å². The lowest BCUT2D eigenvalue weighted by Gasteiger charge is -2.14. The molecule has 2 aromatic rings. The second-order valence-corrected chi connectivity index (χ2v) is 5.87. The van der Waals surface area contributed by atoms with Crippen LogP contribution in [0, 0.1) is 0 Å². The van der Waals surface area contributed by atoms with E-state index in [1.165, 1.54) is 0 Å². The summed E-state index contributed by atoms with van der Waals surface area (Å²) in [7, 11) is 3.33. The van der Waals surface area contributed by atoms with Gasteiger partial charge in [0.15, 0.2) is 17.5 Å². The summed E-state index contributed by atoms with van der Waals surface area (Å²) < 4.78 is 16.1. The van der Waals surface area contributed by atoms with E-state index >= 15 is 0 Å². The minimum atomic E-state index is 0.580. The number of benzene rings is 2. The van der Waals surface area contributed by atoms with Crippen LogP contribution in [0.3, 0.4) is 0 Å². The van der Waals surface area contributed by atoms with Crippen LogP contribution < -0.4 is 20.1 Å². The molecule has 27 heavy (non-hydrogen) atoms. The van der Waals surface area contributed by atoms with Gasteiger partial charge in [0.05, 0.1) is 26.9 Å². The standard InChI is InChI=1S/C21H29N3O3/c1-5-22-21(23-14-16-7-9-17(10-8-16)15-25-3)24-18-11-12-19(27-6-2)20(13-18)26-4/h7-13H,5-6,14-15H2,1-4H3,(H2,22,23,24). The van der Waals surface area contributed by atoms with Crippen LogP contribution in [0.1, 0.15) is 25.0 Å².